The van der Waals surface area contributed by atoms with Crippen molar-refractivity contribution in [2.24, 2.45) is 0 Å². The van der Waals surface area contributed by atoms with Crippen LogP contribution in [0.2, 0.25) is 0 Å². The quantitative estimate of drug-likeness (QED) is 0.209. The second-order valence-corrected chi connectivity index (χ2v) is 7.26. The molecule has 6 unspecified atom stereocenters. The van der Waals surface area contributed by atoms with Gasteiger partial charge in [0.05, 0.1) is 0 Å². The van der Waals surface area contributed by atoms with Crippen molar-refractivity contribution in [1.29, 1.82) is 0 Å². The van der Waals surface area contributed by atoms with Gasteiger partial charge < -0.3 is 56.8 Å². The molecule has 0 rings (SSSR count). The van der Waals surface area contributed by atoms with Gasteiger partial charge in [-0.25, -0.2) is 0 Å². The summed E-state index contributed by atoms with van der Waals surface area (Å²) in [6.45, 7) is 0. The molecule has 23 heteroatoms. The molecule has 1 radical (unpaired) electrons. The largest absolute Gasteiger partial charge is 4.00 e. The molecule has 0 spiro atoms. The molecule has 0 saturated carbocycles. The molecule has 0 aliphatic carbocycles. The molecule has 6 atom stereocenters. The Bertz CT molecular complexity index is 320. The van der Waals surface area contributed by atoms with Crippen LogP contribution >= 0.6 is 49.5 Å². The minimum Gasteiger partial charge on any atom is -0.781 e. The van der Waals surface area contributed by atoms with Crippen LogP contribution in [0.25, 0.3) is 0 Å². The molecule has 23 heavy (non-hydrogen) atoms. The molecule has 0 fully saturated rings. The summed E-state index contributed by atoms with van der Waals surface area (Å²) in [4.78, 5) is 55.7. The van der Waals surface area contributed by atoms with E-state index in [1.165, 1.54) is 0 Å². The predicted molar refractivity (Wildman–Crippen MR) is 57.3 cm³/mol. The van der Waals surface area contributed by atoms with E-state index in [1.807, 2.05) is 0 Å². The normalized spacial score (nSPS) is 17.0. The summed E-state index contributed by atoms with van der Waals surface area (Å²) in [6.07, 6.45) is 0. The molecule has 0 bridgehead atoms. The van der Waals surface area contributed by atoms with Crippen LogP contribution < -0.4 is 29.4 Å². The first-order valence-electron chi connectivity index (χ1n) is 3.67. The molecule has 0 aromatic carbocycles. The summed E-state index contributed by atoms with van der Waals surface area (Å²) in [7, 11) is -21.1. The van der Waals surface area contributed by atoms with E-state index >= 15 is 0 Å². The van der Waals surface area contributed by atoms with Crippen molar-refractivity contribution >= 4 is 49.5 Å². The smallest absolute Gasteiger partial charge is 0.781 e. The zero-order chi connectivity index (χ0) is 17.6. The second kappa shape index (κ2) is 24.4. The molecule has 0 aliphatic heterocycles. The van der Waals surface area contributed by atoms with Crippen molar-refractivity contribution in [3.05, 3.63) is 0 Å². The van der Waals surface area contributed by atoms with Crippen molar-refractivity contribution in [3.63, 3.8) is 0 Å². The summed E-state index contributed by atoms with van der Waals surface area (Å²) in [5.41, 5.74) is 0. The molecule has 15 nitrogen and oxygen atoms in total. The monoisotopic (exact) mass is 585 g/mol. The van der Waals surface area contributed by atoms with Crippen molar-refractivity contribution in [2.45, 2.75) is 0 Å². The Morgan fingerprint density at radius 3 is 0.522 bits per heavy atom. The van der Waals surface area contributed by atoms with E-state index in [0.29, 0.717) is 0 Å². The number of hydrogen-bond donors (Lipinski definition) is 0. The van der Waals surface area contributed by atoms with E-state index in [0.717, 1.165) is 0 Å². The van der Waals surface area contributed by atoms with Gasteiger partial charge in [0, 0.05) is 0 Å². The van der Waals surface area contributed by atoms with Crippen LogP contribution in [0.4, 0.5) is 0 Å². The fraction of sp³-hybridized carbons (Fsp3) is 0. The molecule has 0 aliphatic rings. The zero-order valence-electron chi connectivity index (χ0n) is 9.93. The average molecular weight is 587 g/mol. The van der Waals surface area contributed by atoms with Gasteiger partial charge >= 0.3 is 43.3 Å². The Morgan fingerprint density at radius 1 is 0.435 bits per heavy atom. The Labute approximate surface area is 162 Å². The van der Waals surface area contributed by atoms with E-state index in [2.05, 4.69) is 12.9 Å². The topological polar surface area (TPSA) is 268 Å². The average Bonchev–Trinajstić information content (AvgIpc) is 2.10. The van der Waals surface area contributed by atoms with E-state index in [-0.39, 0.29) is 43.3 Å². The third kappa shape index (κ3) is 59.0. The maximum absolute atomic E-state index is 9.29. The van der Waals surface area contributed by atoms with E-state index in [9.17, 15) is 56.8 Å². The Morgan fingerprint density at radius 2 is 0.522 bits per heavy atom. The van der Waals surface area contributed by atoms with Gasteiger partial charge in [-0.15, -0.1) is 0 Å². The summed E-state index contributed by atoms with van der Waals surface area (Å²) < 4.78 is 65.4. The van der Waals surface area contributed by atoms with Crippen molar-refractivity contribution in [2.75, 3.05) is 0 Å². The third-order valence-electron chi connectivity index (χ3n) is 0.500. The number of rotatable bonds is 6. The van der Waals surface area contributed by atoms with Crippen molar-refractivity contribution < 1.29 is 113 Å². The van der Waals surface area contributed by atoms with Crippen LogP contribution in [0.15, 0.2) is 0 Å². The summed E-state index contributed by atoms with van der Waals surface area (Å²) in [6, 6.07) is 0. The Kier molecular flexibility index (Phi) is 38.6. The molecule has 0 amide bonds. The van der Waals surface area contributed by atoms with Crippen LogP contribution in [0.5, 0.6) is 0 Å². The predicted octanol–water partition coefficient (Wildman–Crippen LogP) is -4.50. The van der Waals surface area contributed by atoms with Crippen molar-refractivity contribution in [3.8, 4) is 0 Å². The molecule has 0 N–H and O–H groups in total. The van der Waals surface area contributed by atoms with Crippen molar-refractivity contribution in [1.82, 2.24) is 0 Å². The van der Waals surface area contributed by atoms with E-state index in [1.54, 1.807) is 0 Å². The minimum atomic E-state index is -3.51. The molecule has 0 saturated heterocycles. The zero-order valence-corrected chi connectivity index (χ0v) is 19.3. The van der Waals surface area contributed by atoms with E-state index < -0.39 is 49.5 Å². The standard InChI is InChI=1S/Cu.3H4O5P2.Zr/c;3*1-6(2)5-7(3)4;/h;3*6-7H,(H,1,2)(H,3,4);/q+2;;;;+4/p-6. The summed E-state index contributed by atoms with van der Waals surface area (Å²) >= 11 is 0. The molecular weight excluding hydrogens is 581 g/mol. The maximum Gasteiger partial charge on any atom is 4.00 e. The van der Waals surface area contributed by atoms with Gasteiger partial charge in [-0.1, -0.05) is 0 Å². The van der Waals surface area contributed by atoms with Gasteiger partial charge in [-0.3, -0.25) is 12.9 Å². The van der Waals surface area contributed by atoms with Crippen LogP contribution in [-0.2, 0) is 83.6 Å². The SMILES string of the molecule is O=[PH]([O-])O[PH](=O)[O-].O=[PH]([O-])O[PH](=O)[O-].O=[PH]([O-])O[PH](=O)[O-].[Cu+2].[Zr+4]. The maximum atomic E-state index is 9.29. The number of hydrogen-bond acceptors (Lipinski definition) is 15. The van der Waals surface area contributed by atoms with Crippen LogP contribution in [0.3, 0.4) is 0 Å². The van der Waals surface area contributed by atoms with Gasteiger partial charge in [0.2, 0.25) is 0 Å². The first kappa shape index (κ1) is 36.4. The Balaban J connectivity index is -0.0000000675. The molecule has 0 aromatic rings. The molecule has 141 valence electrons. The summed E-state index contributed by atoms with van der Waals surface area (Å²) in [5, 5.41) is 0. The van der Waals surface area contributed by atoms with Gasteiger partial charge in [0.15, 0.2) is 0 Å². The van der Waals surface area contributed by atoms with Gasteiger partial charge in [-0.2, -0.15) is 0 Å². The summed E-state index contributed by atoms with van der Waals surface area (Å²) in [5.74, 6) is 0. The van der Waals surface area contributed by atoms with E-state index in [4.69, 9.17) is 0 Å². The molecule has 0 heterocycles. The van der Waals surface area contributed by atoms with Gasteiger partial charge in [-0.05, 0) is 0 Å². The van der Waals surface area contributed by atoms with Crippen LogP contribution in [0.1, 0.15) is 0 Å². The minimum absolute atomic E-state index is 0. The van der Waals surface area contributed by atoms with Gasteiger partial charge in [0.1, 0.15) is 49.5 Å². The fourth-order valence-corrected chi connectivity index (χ4v) is 1.84. The fourth-order valence-electron chi connectivity index (χ4n) is 0.204. The third-order valence-corrected chi connectivity index (χ3v) is 4.50. The Hall–Kier alpha value is 2.42. The first-order chi connectivity index (χ1) is 9.38. The van der Waals surface area contributed by atoms with Gasteiger partial charge in [0.25, 0.3) is 0 Å². The van der Waals surface area contributed by atoms with Crippen LogP contribution in [-0.4, -0.2) is 0 Å². The van der Waals surface area contributed by atoms with Crippen LogP contribution in [0, 0.1) is 0 Å². The second-order valence-electron chi connectivity index (χ2n) is 1.81. The molecular formula is H6CuO15P6Zr. The first-order valence-corrected chi connectivity index (χ1v) is 11.0. The molecule has 0 aromatic heterocycles.